The molecular weight excluding hydrogens is 368 g/mol. The molecule has 0 aliphatic carbocycles. The van der Waals surface area contributed by atoms with Crippen molar-refractivity contribution >= 4 is 11.8 Å². The fourth-order valence-corrected chi connectivity index (χ4v) is 3.60. The zero-order valence-corrected chi connectivity index (χ0v) is 18.4. The molecule has 2 rings (SSSR count). The molecule has 0 saturated heterocycles. The van der Waals surface area contributed by atoms with E-state index in [0.29, 0.717) is 32.4 Å². The third-order valence-corrected chi connectivity index (χ3v) is 4.87. The monoisotopic (exact) mass is 404 g/mol. The summed E-state index contributed by atoms with van der Waals surface area (Å²) in [6.45, 7) is 10.7. The van der Waals surface area contributed by atoms with E-state index >= 15 is 0 Å². The van der Waals surface area contributed by atoms with Gasteiger partial charge in [0.15, 0.2) is 11.5 Å². The number of carbonyl (C=O) groups excluding carboxylic acids is 2. The number of carbonyl (C=O) groups is 2. The lowest BCUT2D eigenvalue weighted by Gasteiger charge is -2.21. The van der Waals surface area contributed by atoms with Crippen LogP contribution in [0.3, 0.4) is 0 Å². The van der Waals surface area contributed by atoms with Crippen LogP contribution in [0.15, 0.2) is 18.2 Å². The Morgan fingerprint density at radius 2 is 1.90 bits per heavy atom. The Labute approximate surface area is 174 Å². The van der Waals surface area contributed by atoms with E-state index < -0.39 is 0 Å². The smallest absolute Gasteiger partial charge is 0.222 e. The minimum atomic E-state index is -0.211. The second-order valence-electron chi connectivity index (χ2n) is 8.22. The lowest BCUT2D eigenvalue weighted by atomic mass is 10.0. The highest BCUT2D eigenvalue weighted by atomic mass is 16.5. The van der Waals surface area contributed by atoms with Gasteiger partial charge in [-0.2, -0.15) is 0 Å². The molecule has 1 aromatic carbocycles. The quantitative estimate of drug-likeness (QED) is 0.539. The van der Waals surface area contributed by atoms with Gasteiger partial charge >= 0.3 is 0 Å². The standard InChI is InChI=1S/C23H36N2O4/c1-5-14-25(15-6-2)21(27)12-8-11-20(26)24-13-16-28-19-10-7-9-18-17-23(3,4)29-22(18)19/h7,9-10H,5-6,8,11-17H2,1-4H3,(H,24,26). The molecule has 2 amide bonds. The highest BCUT2D eigenvalue weighted by Gasteiger charge is 2.32. The summed E-state index contributed by atoms with van der Waals surface area (Å²) < 4.78 is 11.8. The number of nitrogens with zero attached hydrogens (tertiary/aromatic N) is 1. The molecule has 0 spiro atoms. The minimum absolute atomic E-state index is 0.0467. The Kier molecular flexibility index (Phi) is 8.80. The summed E-state index contributed by atoms with van der Waals surface area (Å²) in [7, 11) is 0. The Balaban J connectivity index is 1.65. The van der Waals surface area contributed by atoms with Crippen molar-refractivity contribution in [1.82, 2.24) is 10.2 Å². The molecular formula is C23H36N2O4. The molecule has 1 aliphatic rings. The van der Waals surface area contributed by atoms with Crippen LogP contribution in [0.4, 0.5) is 0 Å². The van der Waals surface area contributed by atoms with Crippen molar-refractivity contribution in [2.45, 2.75) is 71.8 Å². The van der Waals surface area contributed by atoms with Gasteiger partial charge in [0.1, 0.15) is 12.2 Å². The fourth-order valence-electron chi connectivity index (χ4n) is 3.60. The van der Waals surface area contributed by atoms with Crippen molar-refractivity contribution in [3.8, 4) is 11.5 Å². The van der Waals surface area contributed by atoms with Crippen LogP contribution >= 0.6 is 0 Å². The van der Waals surface area contributed by atoms with Crippen LogP contribution < -0.4 is 14.8 Å². The Hall–Kier alpha value is -2.24. The molecule has 0 unspecified atom stereocenters. The highest BCUT2D eigenvalue weighted by molar-refractivity contribution is 5.78. The minimum Gasteiger partial charge on any atom is -0.488 e. The molecule has 0 aromatic heterocycles. The van der Waals surface area contributed by atoms with Gasteiger partial charge in [-0.15, -0.1) is 0 Å². The van der Waals surface area contributed by atoms with E-state index in [4.69, 9.17) is 9.47 Å². The molecule has 162 valence electrons. The van der Waals surface area contributed by atoms with E-state index in [-0.39, 0.29) is 17.4 Å². The first-order valence-electron chi connectivity index (χ1n) is 10.8. The number of para-hydroxylation sites is 1. The van der Waals surface area contributed by atoms with E-state index in [1.165, 1.54) is 0 Å². The lowest BCUT2D eigenvalue weighted by Crippen LogP contribution is -2.33. The van der Waals surface area contributed by atoms with Crippen molar-refractivity contribution in [3.63, 3.8) is 0 Å². The zero-order chi connectivity index (χ0) is 21.3. The first-order valence-corrected chi connectivity index (χ1v) is 10.8. The van der Waals surface area contributed by atoms with Gasteiger partial charge in [0.25, 0.3) is 0 Å². The third-order valence-electron chi connectivity index (χ3n) is 4.87. The molecule has 1 aromatic rings. The maximum absolute atomic E-state index is 12.2. The summed E-state index contributed by atoms with van der Waals surface area (Å²) in [5.41, 5.74) is 0.943. The fraction of sp³-hybridized carbons (Fsp3) is 0.652. The summed E-state index contributed by atoms with van der Waals surface area (Å²) in [6.07, 6.45) is 4.13. The van der Waals surface area contributed by atoms with Crippen molar-refractivity contribution < 1.29 is 19.1 Å². The largest absolute Gasteiger partial charge is 0.488 e. The maximum Gasteiger partial charge on any atom is 0.222 e. The Morgan fingerprint density at radius 3 is 2.59 bits per heavy atom. The van der Waals surface area contributed by atoms with Crippen LogP contribution in [0.2, 0.25) is 0 Å². The summed E-state index contributed by atoms with van der Waals surface area (Å²) in [5.74, 6) is 1.63. The number of nitrogens with one attached hydrogen (secondary N) is 1. The van der Waals surface area contributed by atoms with Crippen LogP contribution in [-0.2, 0) is 16.0 Å². The summed E-state index contributed by atoms with van der Waals surface area (Å²) in [6, 6.07) is 5.92. The number of hydrogen-bond acceptors (Lipinski definition) is 4. The van der Waals surface area contributed by atoms with Gasteiger partial charge in [0.05, 0.1) is 6.54 Å². The molecule has 6 heteroatoms. The van der Waals surface area contributed by atoms with Gasteiger partial charge in [-0.05, 0) is 39.2 Å². The van der Waals surface area contributed by atoms with Crippen LogP contribution in [0.1, 0.15) is 65.4 Å². The maximum atomic E-state index is 12.2. The predicted octanol–water partition coefficient (Wildman–Crippen LogP) is 3.71. The molecule has 29 heavy (non-hydrogen) atoms. The zero-order valence-electron chi connectivity index (χ0n) is 18.4. The van der Waals surface area contributed by atoms with Crippen molar-refractivity contribution in [2.75, 3.05) is 26.2 Å². The molecule has 0 bridgehead atoms. The average Bonchev–Trinajstić information content (AvgIpc) is 2.99. The van der Waals surface area contributed by atoms with E-state index in [1.807, 2.05) is 17.0 Å². The normalized spacial score (nSPS) is 14.1. The molecule has 0 atom stereocenters. The number of rotatable bonds is 12. The van der Waals surface area contributed by atoms with E-state index in [2.05, 4.69) is 39.1 Å². The van der Waals surface area contributed by atoms with E-state index in [1.54, 1.807) is 0 Å². The van der Waals surface area contributed by atoms with Gasteiger partial charge in [0.2, 0.25) is 11.8 Å². The second-order valence-corrected chi connectivity index (χ2v) is 8.22. The van der Waals surface area contributed by atoms with Crippen molar-refractivity contribution in [1.29, 1.82) is 0 Å². The lowest BCUT2D eigenvalue weighted by molar-refractivity contribution is -0.131. The van der Waals surface area contributed by atoms with Crippen LogP contribution in [0.5, 0.6) is 11.5 Å². The average molecular weight is 405 g/mol. The van der Waals surface area contributed by atoms with Crippen molar-refractivity contribution in [2.24, 2.45) is 0 Å². The Morgan fingerprint density at radius 1 is 1.17 bits per heavy atom. The first kappa shape index (κ1) is 23.0. The number of ether oxygens (including phenoxy) is 2. The first-order chi connectivity index (χ1) is 13.9. The van der Waals surface area contributed by atoms with Gasteiger partial charge in [-0.25, -0.2) is 0 Å². The number of amides is 2. The molecule has 0 saturated carbocycles. The predicted molar refractivity (Wildman–Crippen MR) is 114 cm³/mol. The van der Waals surface area contributed by atoms with Crippen LogP contribution in [-0.4, -0.2) is 48.6 Å². The molecule has 6 nitrogen and oxygen atoms in total. The molecule has 1 aliphatic heterocycles. The highest BCUT2D eigenvalue weighted by Crippen LogP contribution is 2.41. The second kappa shape index (κ2) is 11.1. The number of fused-ring (bicyclic) bond motifs is 1. The van der Waals surface area contributed by atoms with E-state index in [0.717, 1.165) is 49.4 Å². The molecule has 0 radical (unpaired) electrons. The van der Waals surface area contributed by atoms with Crippen LogP contribution in [0.25, 0.3) is 0 Å². The summed E-state index contributed by atoms with van der Waals surface area (Å²) in [5, 5.41) is 2.86. The SMILES string of the molecule is CCCN(CCC)C(=O)CCCC(=O)NCCOc1cccc2c1OC(C)(C)C2. The van der Waals surface area contributed by atoms with Crippen LogP contribution in [0, 0.1) is 0 Å². The molecule has 1 heterocycles. The number of benzene rings is 1. The molecule has 1 N–H and O–H groups in total. The summed E-state index contributed by atoms with van der Waals surface area (Å²) in [4.78, 5) is 26.1. The van der Waals surface area contributed by atoms with E-state index in [9.17, 15) is 9.59 Å². The third kappa shape index (κ3) is 7.26. The Bertz CT molecular complexity index is 681. The number of hydrogen-bond donors (Lipinski definition) is 1. The van der Waals surface area contributed by atoms with Gasteiger partial charge in [-0.3, -0.25) is 9.59 Å². The summed E-state index contributed by atoms with van der Waals surface area (Å²) >= 11 is 0. The van der Waals surface area contributed by atoms with Gasteiger partial charge in [-0.1, -0.05) is 26.0 Å². The van der Waals surface area contributed by atoms with Crippen molar-refractivity contribution in [3.05, 3.63) is 23.8 Å². The molecule has 0 fully saturated rings. The topological polar surface area (TPSA) is 67.9 Å². The van der Waals surface area contributed by atoms with Gasteiger partial charge < -0.3 is 19.7 Å². The van der Waals surface area contributed by atoms with Gasteiger partial charge in [0, 0.05) is 37.9 Å².